The first-order valence-electron chi connectivity index (χ1n) is 6.94. The molecule has 1 aromatic carbocycles. The highest BCUT2D eigenvalue weighted by molar-refractivity contribution is 7.98. The van der Waals surface area contributed by atoms with Crippen LogP contribution in [-0.4, -0.2) is 54.4 Å². The molecule has 10 nitrogen and oxygen atoms in total. The summed E-state index contributed by atoms with van der Waals surface area (Å²) in [6.45, 7) is 0. The number of hydrogen-bond acceptors (Lipinski definition) is 8. The van der Waals surface area contributed by atoms with Crippen molar-refractivity contribution >= 4 is 29.5 Å². The number of carboxylic acid groups (broad SMARTS) is 1. The fourth-order valence-corrected chi connectivity index (χ4v) is 2.31. The molecule has 0 saturated carbocycles. The minimum absolute atomic E-state index is 0.0883. The van der Waals surface area contributed by atoms with Gasteiger partial charge in [0.1, 0.15) is 6.04 Å². The van der Waals surface area contributed by atoms with Crippen LogP contribution >= 0.6 is 11.8 Å². The van der Waals surface area contributed by atoms with Gasteiger partial charge in [0.2, 0.25) is 5.75 Å². The molecule has 25 heavy (non-hydrogen) atoms. The van der Waals surface area contributed by atoms with Crippen LogP contribution in [0.4, 0.5) is 10.5 Å². The molecule has 0 aliphatic heterocycles. The van der Waals surface area contributed by atoms with E-state index in [1.165, 1.54) is 26.0 Å². The highest BCUT2D eigenvalue weighted by Crippen LogP contribution is 2.39. The van der Waals surface area contributed by atoms with E-state index in [9.17, 15) is 19.7 Å². The van der Waals surface area contributed by atoms with Crippen molar-refractivity contribution in [1.29, 1.82) is 0 Å². The van der Waals surface area contributed by atoms with Gasteiger partial charge in [-0.15, -0.1) is 0 Å². The maximum atomic E-state index is 11.9. The predicted molar refractivity (Wildman–Crippen MR) is 89.8 cm³/mol. The van der Waals surface area contributed by atoms with Crippen LogP contribution in [0.5, 0.6) is 17.2 Å². The average molecular weight is 374 g/mol. The van der Waals surface area contributed by atoms with Crippen molar-refractivity contribution in [3.05, 3.63) is 22.2 Å². The van der Waals surface area contributed by atoms with Crippen molar-refractivity contribution in [2.24, 2.45) is 0 Å². The van der Waals surface area contributed by atoms with Gasteiger partial charge >= 0.3 is 17.7 Å². The fraction of sp³-hybridized carbons (Fsp3) is 0.429. The Bertz CT molecular complexity index is 652. The van der Waals surface area contributed by atoms with Gasteiger partial charge in [-0.3, -0.25) is 10.1 Å². The number of rotatable bonds is 9. The number of nitro benzene ring substituents is 1. The molecular weight excluding hydrogens is 356 g/mol. The lowest BCUT2D eigenvalue weighted by Crippen LogP contribution is -2.42. The predicted octanol–water partition coefficient (Wildman–Crippen LogP) is 1.91. The van der Waals surface area contributed by atoms with Crippen molar-refractivity contribution in [3.63, 3.8) is 0 Å². The number of methoxy groups -OCH3 is 2. The van der Waals surface area contributed by atoms with Gasteiger partial charge in [0.05, 0.1) is 25.2 Å². The summed E-state index contributed by atoms with van der Waals surface area (Å²) >= 11 is 1.42. The molecule has 0 spiro atoms. The minimum Gasteiger partial charge on any atom is -0.493 e. The second kappa shape index (κ2) is 9.57. The van der Waals surface area contributed by atoms with E-state index in [4.69, 9.17) is 19.3 Å². The van der Waals surface area contributed by atoms with E-state index >= 15 is 0 Å². The second-order valence-corrected chi connectivity index (χ2v) is 5.62. The molecule has 0 unspecified atom stereocenters. The number of nitro groups is 1. The summed E-state index contributed by atoms with van der Waals surface area (Å²) in [4.78, 5) is 33.4. The summed E-state index contributed by atoms with van der Waals surface area (Å²) in [6, 6.07) is 0.997. The Hall–Kier alpha value is -2.69. The molecule has 2 N–H and O–H groups in total. The summed E-state index contributed by atoms with van der Waals surface area (Å²) in [6.07, 6.45) is 0.855. The molecule has 138 valence electrons. The Labute approximate surface area is 147 Å². The number of thioether (sulfide) groups is 1. The molecule has 0 saturated heterocycles. The third-order valence-electron chi connectivity index (χ3n) is 3.07. The second-order valence-electron chi connectivity index (χ2n) is 4.64. The number of carbonyl (C=O) groups excluding carboxylic acids is 1. The number of carbonyl (C=O) groups is 2. The van der Waals surface area contributed by atoms with E-state index in [2.05, 4.69) is 5.32 Å². The summed E-state index contributed by atoms with van der Waals surface area (Å²) in [5.41, 5.74) is -0.524. The third-order valence-corrected chi connectivity index (χ3v) is 3.71. The maximum absolute atomic E-state index is 11.9. The van der Waals surface area contributed by atoms with E-state index in [0.29, 0.717) is 5.75 Å². The van der Waals surface area contributed by atoms with Crippen LogP contribution in [0.25, 0.3) is 0 Å². The zero-order chi connectivity index (χ0) is 19.0. The normalized spacial score (nSPS) is 11.3. The van der Waals surface area contributed by atoms with Gasteiger partial charge in [0, 0.05) is 6.07 Å². The van der Waals surface area contributed by atoms with Crippen LogP contribution < -0.4 is 19.5 Å². The summed E-state index contributed by atoms with van der Waals surface area (Å²) in [7, 11) is 2.62. The van der Waals surface area contributed by atoms with Crippen molar-refractivity contribution in [2.45, 2.75) is 12.5 Å². The molecule has 1 rings (SSSR count). The first-order valence-corrected chi connectivity index (χ1v) is 8.33. The van der Waals surface area contributed by atoms with Gasteiger partial charge < -0.3 is 24.6 Å². The molecule has 0 aliphatic carbocycles. The van der Waals surface area contributed by atoms with E-state index in [0.717, 1.165) is 12.1 Å². The molecule has 1 atom stereocenters. The highest BCUT2D eigenvalue weighted by Gasteiger charge is 2.25. The first-order chi connectivity index (χ1) is 11.8. The Morgan fingerprint density at radius 2 is 1.88 bits per heavy atom. The standard InChI is InChI=1S/C14H18N2O8S/c1-22-11-6-9(16(20)21)10(7-12(11)23-2)24-14(19)15-8(13(17)18)4-5-25-3/h6-8H,4-5H2,1-3H3,(H,15,19)(H,17,18)/t8-/m1/s1. The van der Waals surface area contributed by atoms with E-state index in [1.807, 2.05) is 0 Å². The number of carboxylic acids is 1. The lowest BCUT2D eigenvalue weighted by atomic mass is 10.2. The average Bonchev–Trinajstić information content (AvgIpc) is 2.57. The quantitative estimate of drug-likeness (QED) is 0.490. The van der Waals surface area contributed by atoms with Crippen molar-refractivity contribution in [2.75, 3.05) is 26.2 Å². The number of aliphatic carboxylic acids is 1. The van der Waals surface area contributed by atoms with Crippen LogP contribution in [0.1, 0.15) is 6.42 Å². The van der Waals surface area contributed by atoms with Gasteiger partial charge in [-0.1, -0.05) is 0 Å². The molecule has 0 aliphatic rings. The Balaban J connectivity index is 3.01. The zero-order valence-electron chi connectivity index (χ0n) is 13.8. The van der Waals surface area contributed by atoms with Crippen molar-refractivity contribution in [3.8, 4) is 17.2 Å². The monoisotopic (exact) mass is 374 g/mol. The molecule has 0 bridgehead atoms. The van der Waals surface area contributed by atoms with Gasteiger partial charge in [-0.05, 0) is 18.4 Å². The largest absolute Gasteiger partial charge is 0.493 e. The van der Waals surface area contributed by atoms with Gasteiger partial charge in [0.25, 0.3) is 0 Å². The molecule has 0 radical (unpaired) electrons. The van der Waals surface area contributed by atoms with Crippen LogP contribution in [0, 0.1) is 10.1 Å². The van der Waals surface area contributed by atoms with Crippen LogP contribution in [0.3, 0.4) is 0 Å². The molecule has 1 aromatic rings. The van der Waals surface area contributed by atoms with Gasteiger partial charge in [-0.25, -0.2) is 9.59 Å². The fourth-order valence-electron chi connectivity index (χ4n) is 1.84. The van der Waals surface area contributed by atoms with E-state index in [1.54, 1.807) is 6.26 Å². The van der Waals surface area contributed by atoms with Gasteiger partial charge in [0.15, 0.2) is 11.5 Å². The smallest absolute Gasteiger partial charge is 0.413 e. The molecule has 0 aromatic heterocycles. The number of hydrogen-bond donors (Lipinski definition) is 2. The summed E-state index contributed by atoms with van der Waals surface area (Å²) in [5.74, 6) is -0.909. The molecule has 1 amide bonds. The zero-order valence-corrected chi connectivity index (χ0v) is 14.6. The van der Waals surface area contributed by atoms with Crippen molar-refractivity contribution < 1.29 is 33.8 Å². The lowest BCUT2D eigenvalue weighted by molar-refractivity contribution is -0.385. The summed E-state index contributed by atoms with van der Waals surface area (Å²) < 4.78 is 14.9. The molecule has 0 heterocycles. The van der Waals surface area contributed by atoms with Gasteiger partial charge in [-0.2, -0.15) is 11.8 Å². The Kier molecular flexibility index (Phi) is 7.79. The topological polar surface area (TPSA) is 137 Å². The number of amides is 1. The lowest BCUT2D eigenvalue weighted by Gasteiger charge is -2.14. The SMILES string of the molecule is COc1cc(OC(=O)N[C@H](CCSC)C(=O)O)c([N+](=O)[O-])cc1OC. The minimum atomic E-state index is -1.23. The van der Waals surface area contributed by atoms with E-state index in [-0.39, 0.29) is 17.9 Å². The Morgan fingerprint density at radius 1 is 1.28 bits per heavy atom. The molecule has 11 heteroatoms. The third kappa shape index (κ3) is 5.71. The number of ether oxygens (including phenoxy) is 3. The van der Waals surface area contributed by atoms with Crippen LogP contribution in [0.2, 0.25) is 0 Å². The van der Waals surface area contributed by atoms with Crippen molar-refractivity contribution in [1.82, 2.24) is 5.32 Å². The molecular formula is C14H18N2O8S. The Morgan fingerprint density at radius 3 is 2.36 bits per heavy atom. The highest BCUT2D eigenvalue weighted by atomic mass is 32.2. The number of nitrogens with one attached hydrogen (secondary N) is 1. The first kappa shape index (κ1) is 20.4. The number of nitrogens with zero attached hydrogens (tertiary/aromatic N) is 1. The maximum Gasteiger partial charge on any atom is 0.413 e. The van der Waals surface area contributed by atoms with Crippen LogP contribution in [-0.2, 0) is 4.79 Å². The van der Waals surface area contributed by atoms with Crippen LogP contribution in [0.15, 0.2) is 12.1 Å². The van der Waals surface area contributed by atoms with E-state index < -0.39 is 34.5 Å². The number of benzene rings is 1. The summed E-state index contributed by atoms with van der Waals surface area (Å²) in [5, 5.41) is 22.4. The molecule has 0 fully saturated rings.